The van der Waals surface area contributed by atoms with Gasteiger partial charge in [-0.1, -0.05) is 15.9 Å². The molecule has 0 aromatic heterocycles. The number of nitrogens with one attached hydrogen (secondary N) is 1. The molecular formula is C13H19BrN2O2. The summed E-state index contributed by atoms with van der Waals surface area (Å²) in [6.07, 6.45) is 0.869. The van der Waals surface area contributed by atoms with Crippen LogP contribution in [0.3, 0.4) is 0 Å². The topological polar surface area (TPSA) is 52.6 Å². The van der Waals surface area contributed by atoms with Gasteiger partial charge in [-0.15, -0.1) is 0 Å². The third-order valence-corrected chi connectivity index (χ3v) is 3.08. The molecule has 2 N–H and O–H groups in total. The van der Waals surface area contributed by atoms with Crippen molar-refractivity contribution in [3.63, 3.8) is 0 Å². The van der Waals surface area contributed by atoms with Crippen LogP contribution in [0.2, 0.25) is 0 Å². The summed E-state index contributed by atoms with van der Waals surface area (Å²) < 4.78 is 0.770. The van der Waals surface area contributed by atoms with Crippen molar-refractivity contribution in [2.45, 2.75) is 19.4 Å². The summed E-state index contributed by atoms with van der Waals surface area (Å²) in [6, 6.07) is 4.88. The van der Waals surface area contributed by atoms with Crippen LogP contribution in [0.1, 0.15) is 23.7 Å². The first-order valence-corrected chi connectivity index (χ1v) is 6.63. The van der Waals surface area contributed by atoms with Gasteiger partial charge < -0.3 is 15.3 Å². The number of amides is 1. The summed E-state index contributed by atoms with van der Waals surface area (Å²) in [5, 5.41) is 12.5. The van der Waals surface area contributed by atoms with E-state index in [2.05, 4.69) is 26.1 Å². The number of nitrogens with zero attached hydrogens (tertiary/aromatic N) is 1. The predicted octanol–water partition coefficient (Wildman–Crippen LogP) is 2.22. The van der Waals surface area contributed by atoms with Gasteiger partial charge in [0.2, 0.25) is 0 Å². The lowest BCUT2D eigenvalue weighted by molar-refractivity contribution is 0.0934. The van der Waals surface area contributed by atoms with Crippen LogP contribution >= 0.6 is 15.9 Å². The highest BCUT2D eigenvalue weighted by molar-refractivity contribution is 9.10. The van der Waals surface area contributed by atoms with Crippen molar-refractivity contribution in [2.75, 3.05) is 20.6 Å². The highest BCUT2D eigenvalue weighted by Crippen LogP contribution is 2.21. The minimum Gasteiger partial charge on any atom is -0.507 e. The van der Waals surface area contributed by atoms with Crippen LogP contribution in [0, 0.1) is 0 Å². The summed E-state index contributed by atoms with van der Waals surface area (Å²) in [7, 11) is 3.99. The Morgan fingerprint density at radius 3 is 2.78 bits per heavy atom. The van der Waals surface area contributed by atoms with Crippen molar-refractivity contribution < 1.29 is 9.90 Å². The molecule has 0 heterocycles. The zero-order chi connectivity index (χ0) is 13.7. The van der Waals surface area contributed by atoms with E-state index in [1.54, 1.807) is 12.1 Å². The smallest absolute Gasteiger partial charge is 0.255 e. The summed E-state index contributed by atoms with van der Waals surface area (Å²) in [4.78, 5) is 14.0. The molecule has 0 fully saturated rings. The average molecular weight is 315 g/mol. The van der Waals surface area contributed by atoms with E-state index in [9.17, 15) is 9.90 Å². The summed E-state index contributed by atoms with van der Waals surface area (Å²) >= 11 is 3.28. The SMILES string of the molecule is CC(CCN(C)C)NC(=O)c1cc(Br)ccc1O. The largest absolute Gasteiger partial charge is 0.507 e. The molecule has 0 spiro atoms. The van der Waals surface area contributed by atoms with Crippen LogP contribution in [0.15, 0.2) is 22.7 Å². The molecule has 18 heavy (non-hydrogen) atoms. The third kappa shape index (κ3) is 4.66. The minimum atomic E-state index is -0.250. The first-order chi connectivity index (χ1) is 8.40. The maximum Gasteiger partial charge on any atom is 0.255 e. The van der Waals surface area contributed by atoms with Crippen LogP contribution in [0.25, 0.3) is 0 Å². The Bertz CT molecular complexity index is 421. The summed E-state index contributed by atoms with van der Waals surface area (Å²) in [5.41, 5.74) is 0.293. The minimum absolute atomic E-state index is 0.00416. The fourth-order valence-corrected chi connectivity index (χ4v) is 1.88. The lowest BCUT2D eigenvalue weighted by Gasteiger charge is -2.17. The van der Waals surface area contributed by atoms with E-state index in [-0.39, 0.29) is 17.7 Å². The lowest BCUT2D eigenvalue weighted by atomic mass is 10.1. The normalized spacial score (nSPS) is 12.5. The quantitative estimate of drug-likeness (QED) is 0.876. The number of aromatic hydroxyl groups is 1. The Labute approximate surface area is 116 Å². The van der Waals surface area contributed by atoms with Crippen molar-refractivity contribution in [3.05, 3.63) is 28.2 Å². The van der Waals surface area contributed by atoms with Gasteiger partial charge in [0.25, 0.3) is 5.91 Å². The lowest BCUT2D eigenvalue weighted by Crippen LogP contribution is -2.34. The van der Waals surface area contributed by atoms with Crippen molar-refractivity contribution >= 4 is 21.8 Å². The molecule has 1 atom stereocenters. The van der Waals surface area contributed by atoms with Crippen LogP contribution < -0.4 is 5.32 Å². The third-order valence-electron chi connectivity index (χ3n) is 2.59. The molecule has 5 heteroatoms. The first kappa shape index (κ1) is 15.0. The number of halogens is 1. The number of rotatable bonds is 5. The Morgan fingerprint density at radius 2 is 2.17 bits per heavy atom. The monoisotopic (exact) mass is 314 g/mol. The van der Waals surface area contributed by atoms with E-state index in [1.807, 2.05) is 21.0 Å². The molecule has 1 unspecified atom stereocenters. The molecule has 0 bridgehead atoms. The van der Waals surface area contributed by atoms with Crippen molar-refractivity contribution in [3.8, 4) is 5.75 Å². The molecule has 0 saturated carbocycles. The molecule has 4 nitrogen and oxygen atoms in total. The van der Waals surface area contributed by atoms with Crippen LogP contribution in [0.4, 0.5) is 0 Å². The highest BCUT2D eigenvalue weighted by atomic mass is 79.9. The van der Waals surface area contributed by atoms with Gasteiger partial charge in [0.05, 0.1) is 5.56 Å². The fraction of sp³-hybridized carbons (Fsp3) is 0.462. The Morgan fingerprint density at radius 1 is 1.50 bits per heavy atom. The van der Waals surface area contributed by atoms with Gasteiger partial charge in [0.15, 0.2) is 0 Å². The number of phenols is 1. The second kappa shape index (κ2) is 6.75. The maximum atomic E-state index is 12.0. The predicted molar refractivity (Wildman–Crippen MR) is 75.9 cm³/mol. The van der Waals surface area contributed by atoms with Crippen molar-refractivity contribution in [1.82, 2.24) is 10.2 Å². The molecule has 0 saturated heterocycles. The van der Waals surface area contributed by atoms with Gasteiger partial charge >= 0.3 is 0 Å². The Hall–Kier alpha value is -1.07. The van der Waals surface area contributed by atoms with Crippen LogP contribution in [0.5, 0.6) is 5.75 Å². The van der Waals surface area contributed by atoms with Gasteiger partial charge in [0, 0.05) is 10.5 Å². The summed E-state index contributed by atoms with van der Waals surface area (Å²) in [5.74, 6) is -0.254. The molecule has 1 aromatic carbocycles. The van der Waals surface area contributed by atoms with E-state index in [0.29, 0.717) is 5.56 Å². The maximum absolute atomic E-state index is 12.0. The zero-order valence-corrected chi connectivity index (χ0v) is 12.5. The number of carbonyl (C=O) groups is 1. The summed E-state index contributed by atoms with van der Waals surface area (Å²) in [6.45, 7) is 2.86. The molecule has 1 rings (SSSR count). The number of hydrogen-bond donors (Lipinski definition) is 2. The van der Waals surface area contributed by atoms with Gasteiger partial charge in [0.1, 0.15) is 5.75 Å². The molecule has 0 aliphatic carbocycles. The van der Waals surface area contributed by atoms with Crippen molar-refractivity contribution in [1.29, 1.82) is 0 Å². The molecule has 0 aliphatic rings. The average Bonchev–Trinajstić information content (AvgIpc) is 2.29. The first-order valence-electron chi connectivity index (χ1n) is 5.84. The highest BCUT2D eigenvalue weighted by Gasteiger charge is 2.14. The molecule has 0 radical (unpaired) electrons. The molecule has 1 aromatic rings. The Kier molecular flexibility index (Phi) is 5.62. The molecule has 0 aliphatic heterocycles. The standard InChI is InChI=1S/C13H19BrN2O2/c1-9(6-7-16(2)3)15-13(18)11-8-10(14)4-5-12(11)17/h4-5,8-9,17H,6-7H2,1-3H3,(H,15,18). The second-order valence-corrected chi connectivity index (χ2v) is 5.54. The van der Waals surface area contributed by atoms with E-state index < -0.39 is 0 Å². The molecular weight excluding hydrogens is 296 g/mol. The van der Waals surface area contributed by atoms with E-state index in [1.165, 1.54) is 6.07 Å². The van der Waals surface area contributed by atoms with E-state index >= 15 is 0 Å². The fourth-order valence-electron chi connectivity index (χ4n) is 1.52. The second-order valence-electron chi connectivity index (χ2n) is 4.63. The van der Waals surface area contributed by atoms with Gasteiger partial charge in [-0.25, -0.2) is 0 Å². The molecule has 100 valence electrons. The number of hydrogen-bond acceptors (Lipinski definition) is 3. The number of benzene rings is 1. The van der Waals surface area contributed by atoms with Gasteiger partial charge in [-0.05, 0) is 52.2 Å². The van der Waals surface area contributed by atoms with Crippen molar-refractivity contribution in [2.24, 2.45) is 0 Å². The molecule has 1 amide bonds. The van der Waals surface area contributed by atoms with E-state index in [0.717, 1.165) is 17.4 Å². The number of carbonyl (C=O) groups excluding carboxylic acids is 1. The van der Waals surface area contributed by atoms with Gasteiger partial charge in [-0.2, -0.15) is 0 Å². The number of phenolic OH excluding ortho intramolecular Hbond substituents is 1. The van der Waals surface area contributed by atoms with Crippen LogP contribution in [-0.2, 0) is 0 Å². The Balaban J connectivity index is 2.62. The van der Waals surface area contributed by atoms with Crippen LogP contribution in [-0.4, -0.2) is 42.6 Å². The zero-order valence-electron chi connectivity index (χ0n) is 10.9. The van der Waals surface area contributed by atoms with Gasteiger partial charge in [-0.3, -0.25) is 4.79 Å². The van der Waals surface area contributed by atoms with E-state index in [4.69, 9.17) is 0 Å².